The van der Waals surface area contributed by atoms with E-state index < -0.39 is 42.0 Å². The summed E-state index contributed by atoms with van der Waals surface area (Å²) >= 11 is 1.91. The van der Waals surface area contributed by atoms with Crippen LogP contribution in [0, 0.1) is 3.57 Å². The van der Waals surface area contributed by atoms with Crippen LogP contribution >= 0.6 is 22.6 Å². The molecule has 19 heteroatoms. The minimum atomic E-state index is -4.75. The number of hydrogen-bond donors (Lipinski definition) is 3. The van der Waals surface area contributed by atoms with Crippen LogP contribution in [0.4, 0.5) is 4.79 Å². The third-order valence-corrected chi connectivity index (χ3v) is 12.5. The number of tetrazole rings is 1. The maximum absolute atomic E-state index is 15.2. The maximum atomic E-state index is 15.2. The van der Waals surface area contributed by atoms with Crippen molar-refractivity contribution < 1.29 is 40.9 Å². The second-order valence-corrected chi connectivity index (χ2v) is 16.7. The first-order chi connectivity index (χ1) is 25.7. The first kappa shape index (κ1) is 40.4. The number of ether oxygens (including phenoxy) is 3. The molecule has 0 radical (unpaired) electrons. The van der Waals surface area contributed by atoms with Crippen molar-refractivity contribution in [1.29, 1.82) is 0 Å². The van der Waals surface area contributed by atoms with E-state index >= 15 is 8.42 Å². The Kier molecular flexibility index (Phi) is 13.1. The summed E-state index contributed by atoms with van der Waals surface area (Å²) in [5.41, 5.74) is 1.92. The van der Waals surface area contributed by atoms with Crippen molar-refractivity contribution >= 4 is 48.7 Å². The van der Waals surface area contributed by atoms with Crippen molar-refractivity contribution in [1.82, 2.24) is 34.6 Å². The molecule has 5 rings (SSSR count). The number of hydrogen-bond acceptors (Lipinski definition) is 11. The number of rotatable bonds is 17. The van der Waals surface area contributed by atoms with Crippen LogP contribution < -0.4 is 24.2 Å². The fourth-order valence-electron chi connectivity index (χ4n) is 5.32. The van der Waals surface area contributed by atoms with Crippen molar-refractivity contribution in [2.45, 2.75) is 42.4 Å². The molecule has 0 saturated heterocycles. The Balaban J connectivity index is 1.67. The van der Waals surface area contributed by atoms with Gasteiger partial charge in [-0.3, -0.25) is 0 Å². The molecule has 0 saturated carbocycles. The highest BCUT2D eigenvalue weighted by atomic mass is 127. The Morgan fingerprint density at radius 3 is 1.80 bits per heavy atom. The lowest BCUT2D eigenvalue weighted by atomic mass is 10.2. The van der Waals surface area contributed by atoms with E-state index in [0.29, 0.717) is 31.9 Å². The van der Waals surface area contributed by atoms with E-state index in [9.17, 15) is 13.2 Å². The van der Waals surface area contributed by atoms with Crippen LogP contribution in [0.3, 0.4) is 0 Å². The van der Waals surface area contributed by atoms with Gasteiger partial charge in [0, 0.05) is 29.2 Å². The molecule has 3 N–H and O–H groups in total. The first-order valence-electron chi connectivity index (χ1n) is 16.2. The molecular formula is C35H38IN7O9S2. The van der Waals surface area contributed by atoms with Gasteiger partial charge in [0.1, 0.15) is 27.0 Å². The second kappa shape index (κ2) is 17.5. The van der Waals surface area contributed by atoms with Gasteiger partial charge in [-0.05, 0) is 99.9 Å². The largest absolute Gasteiger partial charge is 0.497 e. The molecule has 0 aliphatic heterocycles. The number of amides is 1. The van der Waals surface area contributed by atoms with Crippen LogP contribution in [0.1, 0.15) is 23.6 Å². The van der Waals surface area contributed by atoms with Crippen molar-refractivity contribution in [2.75, 3.05) is 27.9 Å². The number of nitrogens with one attached hydrogen (secondary N) is 2. The molecule has 0 spiro atoms. The lowest BCUT2D eigenvalue weighted by molar-refractivity contribution is 0.191. The summed E-state index contributed by atoms with van der Waals surface area (Å²) < 4.78 is 78.3. The molecule has 0 aliphatic rings. The summed E-state index contributed by atoms with van der Waals surface area (Å²) in [6.07, 6.45) is -1.35. The number of halogens is 1. The maximum Gasteiger partial charge on any atom is 0.404 e. The summed E-state index contributed by atoms with van der Waals surface area (Å²) in [6, 6.07) is 22.6. The van der Waals surface area contributed by atoms with Crippen molar-refractivity contribution in [2.24, 2.45) is 0 Å². The fraction of sp³-hybridized carbons (Fsp3) is 0.257. The lowest BCUT2D eigenvalue weighted by Gasteiger charge is -2.26. The molecule has 16 nitrogen and oxygen atoms in total. The van der Waals surface area contributed by atoms with Gasteiger partial charge in [0.25, 0.3) is 0 Å². The topological polar surface area (TPSA) is 204 Å². The average Bonchev–Trinajstić information content (AvgIpc) is 3.62. The van der Waals surface area contributed by atoms with Crippen LogP contribution in [0.2, 0.25) is 0 Å². The molecule has 0 fully saturated rings. The number of methoxy groups -OCH3 is 3. The summed E-state index contributed by atoms with van der Waals surface area (Å²) in [5.74, 6) is 1.67. The minimum absolute atomic E-state index is 0.0781. The van der Waals surface area contributed by atoms with E-state index in [1.807, 2.05) is 34.7 Å². The molecule has 54 heavy (non-hydrogen) atoms. The van der Waals surface area contributed by atoms with Crippen LogP contribution in [-0.4, -0.2) is 86.5 Å². The normalized spacial score (nSPS) is 12.3. The highest BCUT2D eigenvalue weighted by molar-refractivity contribution is 14.1. The standard InChI is InChI=1S/C35H38IN7O9S2/c1-23(38-35(44)45)19-37-53(46,47)31-18-17-30(36)32(34-39-41-43(40-34)22-26-9-15-29(52-4)16-10-26)33(31)54(48,49)42(20-24-5-11-27(50-2)12-6-24)21-25-7-13-28(51-3)14-8-25/h5-18,23,37-38H,19-22H2,1-4H3,(H,44,45)/t23-/m0/s1. The van der Waals surface area contributed by atoms with Crippen molar-refractivity contribution in [3.8, 4) is 28.6 Å². The number of carboxylic acid groups (broad SMARTS) is 1. The van der Waals surface area contributed by atoms with E-state index in [2.05, 4.69) is 25.4 Å². The predicted molar refractivity (Wildman–Crippen MR) is 206 cm³/mol. The monoisotopic (exact) mass is 891 g/mol. The zero-order chi connectivity index (χ0) is 39.0. The van der Waals surface area contributed by atoms with Gasteiger partial charge in [-0.25, -0.2) is 26.4 Å². The van der Waals surface area contributed by atoms with Crippen LogP contribution in [0.15, 0.2) is 94.7 Å². The van der Waals surface area contributed by atoms with E-state index in [0.717, 1.165) is 5.56 Å². The van der Waals surface area contributed by atoms with Gasteiger partial charge >= 0.3 is 6.09 Å². The number of aromatic nitrogens is 4. The molecule has 1 atom stereocenters. The molecule has 1 amide bonds. The summed E-state index contributed by atoms with van der Waals surface area (Å²) in [5, 5.41) is 24.2. The minimum Gasteiger partial charge on any atom is -0.497 e. The van der Waals surface area contributed by atoms with Crippen LogP contribution in [0.5, 0.6) is 17.2 Å². The van der Waals surface area contributed by atoms with Crippen molar-refractivity contribution in [3.05, 3.63) is 105 Å². The van der Waals surface area contributed by atoms with E-state index in [1.165, 1.54) is 42.4 Å². The highest BCUT2D eigenvalue weighted by Crippen LogP contribution is 2.38. The number of nitrogens with zero attached hydrogens (tertiary/aromatic N) is 5. The highest BCUT2D eigenvalue weighted by Gasteiger charge is 2.37. The predicted octanol–water partition coefficient (Wildman–Crippen LogP) is 4.34. The fourth-order valence-corrected chi connectivity index (χ4v) is 9.73. The Labute approximate surface area is 326 Å². The van der Waals surface area contributed by atoms with Gasteiger partial charge in [-0.2, -0.15) is 9.10 Å². The van der Waals surface area contributed by atoms with Crippen molar-refractivity contribution in [3.63, 3.8) is 0 Å². The Morgan fingerprint density at radius 1 is 0.815 bits per heavy atom. The molecule has 4 aromatic carbocycles. The van der Waals surface area contributed by atoms with Gasteiger partial charge in [0.05, 0.1) is 33.4 Å². The Morgan fingerprint density at radius 2 is 1.31 bits per heavy atom. The van der Waals surface area contributed by atoms with E-state index in [-0.39, 0.29) is 37.6 Å². The number of benzene rings is 4. The Hall–Kier alpha value is -4.83. The SMILES string of the molecule is COc1ccc(CN(Cc2ccc(OC)cc2)S(=O)(=O)c2c(S(=O)(=O)NC[C@H](C)NC(=O)O)ccc(I)c2-c2nnn(Cc3ccc(OC)cc3)n2)cc1. The van der Waals surface area contributed by atoms with Crippen LogP contribution in [0.25, 0.3) is 11.4 Å². The Bertz CT molecular complexity index is 2240. The molecule has 5 aromatic rings. The third kappa shape index (κ3) is 9.82. The molecule has 286 valence electrons. The van der Waals surface area contributed by atoms with Gasteiger partial charge in [0.2, 0.25) is 25.9 Å². The van der Waals surface area contributed by atoms with E-state index in [4.69, 9.17) is 19.3 Å². The summed E-state index contributed by atoms with van der Waals surface area (Å²) in [4.78, 5) is 11.3. The molecule has 0 bridgehead atoms. The zero-order valence-electron chi connectivity index (χ0n) is 29.6. The average molecular weight is 892 g/mol. The summed E-state index contributed by atoms with van der Waals surface area (Å²) in [7, 11) is -4.78. The molecule has 0 aliphatic carbocycles. The lowest BCUT2D eigenvalue weighted by Crippen LogP contribution is -2.41. The van der Waals surface area contributed by atoms with Gasteiger partial charge < -0.3 is 24.6 Å². The van der Waals surface area contributed by atoms with Gasteiger partial charge in [0.15, 0.2) is 0 Å². The van der Waals surface area contributed by atoms with Gasteiger partial charge in [-0.1, -0.05) is 36.4 Å². The van der Waals surface area contributed by atoms with E-state index in [1.54, 1.807) is 67.8 Å². The molecule has 1 aromatic heterocycles. The molecule has 1 heterocycles. The quantitative estimate of drug-likeness (QED) is 0.112. The number of carbonyl (C=O) groups is 1. The molecule has 0 unspecified atom stereocenters. The van der Waals surface area contributed by atoms with Gasteiger partial charge in [-0.15, -0.1) is 10.2 Å². The third-order valence-electron chi connectivity index (χ3n) is 8.10. The summed E-state index contributed by atoms with van der Waals surface area (Å²) in [6.45, 7) is 0.947. The van der Waals surface area contributed by atoms with Crippen LogP contribution in [-0.2, 0) is 39.7 Å². The smallest absolute Gasteiger partial charge is 0.404 e. The second-order valence-electron chi connectivity index (χ2n) is 11.9. The molecular weight excluding hydrogens is 853 g/mol. The number of sulfonamides is 2. The first-order valence-corrected chi connectivity index (χ1v) is 20.2. The zero-order valence-corrected chi connectivity index (χ0v) is 33.4.